The van der Waals surface area contributed by atoms with Crippen LogP contribution in [-0.4, -0.2) is 35.5 Å². The predicted octanol–water partition coefficient (Wildman–Crippen LogP) is 1.06. The molecule has 3 N–H and O–H groups in total. The van der Waals surface area contributed by atoms with Crippen molar-refractivity contribution in [1.82, 2.24) is 14.3 Å². The van der Waals surface area contributed by atoms with Crippen molar-refractivity contribution in [2.24, 2.45) is 0 Å². The van der Waals surface area contributed by atoms with Gasteiger partial charge in [-0.3, -0.25) is 4.57 Å². The monoisotopic (exact) mass is 382 g/mol. The van der Waals surface area contributed by atoms with Gasteiger partial charge in [0.2, 0.25) is 10.0 Å². The van der Waals surface area contributed by atoms with E-state index >= 15 is 0 Å². The Morgan fingerprint density at radius 2 is 2.08 bits per heavy atom. The average Bonchev–Trinajstić information content (AvgIpc) is 3.26. The van der Waals surface area contributed by atoms with Crippen LogP contribution in [0.3, 0.4) is 0 Å². The summed E-state index contributed by atoms with van der Waals surface area (Å²) in [5, 5.41) is -0.232. The third-order valence-electron chi connectivity index (χ3n) is 4.52. The first-order chi connectivity index (χ1) is 12.0. The van der Waals surface area contributed by atoms with Crippen molar-refractivity contribution in [3.63, 3.8) is 0 Å². The first-order valence-corrected chi connectivity index (χ1v) is 11.0. The van der Waals surface area contributed by atoms with Crippen molar-refractivity contribution in [2.45, 2.75) is 49.1 Å². The summed E-state index contributed by atoms with van der Waals surface area (Å²) in [6.45, 7) is 0.0234. The van der Waals surface area contributed by atoms with Gasteiger partial charge in [0.1, 0.15) is 5.82 Å². The molecule has 0 amide bonds. The molecule has 7 nitrogen and oxygen atoms in total. The quantitative estimate of drug-likeness (QED) is 0.754. The molecule has 0 spiro atoms. The molecule has 1 unspecified atom stereocenters. The molecule has 25 heavy (non-hydrogen) atoms. The maximum atomic E-state index is 12.1. The fraction of sp³-hybridized carbons (Fsp3) is 0.625. The fourth-order valence-electron chi connectivity index (χ4n) is 3.16. The molecule has 1 atom stereocenters. The molecule has 0 radical (unpaired) electrons. The summed E-state index contributed by atoms with van der Waals surface area (Å²) in [4.78, 5) is 15.8. The summed E-state index contributed by atoms with van der Waals surface area (Å²) in [6, 6.07) is 0. The summed E-state index contributed by atoms with van der Waals surface area (Å²) < 4.78 is 28.3. The zero-order valence-electron chi connectivity index (χ0n) is 13.9. The number of anilines is 1. The molecular formula is C16H22N4O3S2. The van der Waals surface area contributed by atoms with Gasteiger partial charge in [0.15, 0.2) is 0 Å². The van der Waals surface area contributed by atoms with Crippen LogP contribution in [0.4, 0.5) is 5.82 Å². The molecule has 0 bridgehead atoms. The Bertz CT molecular complexity index is 842. The van der Waals surface area contributed by atoms with E-state index in [4.69, 9.17) is 5.73 Å². The topological polar surface area (TPSA) is 107 Å². The summed E-state index contributed by atoms with van der Waals surface area (Å²) in [5.41, 5.74) is 5.86. The molecule has 1 aliphatic heterocycles. The second-order valence-electron chi connectivity index (χ2n) is 6.27. The van der Waals surface area contributed by atoms with Gasteiger partial charge >= 0.3 is 5.69 Å². The van der Waals surface area contributed by atoms with Gasteiger partial charge < -0.3 is 5.73 Å². The van der Waals surface area contributed by atoms with Crippen LogP contribution in [0.5, 0.6) is 0 Å². The number of nitrogens with two attached hydrogens (primary N) is 1. The number of sulfonamides is 1. The number of thioether (sulfide) groups is 1. The summed E-state index contributed by atoms with van der Waals surface area (Å²) in [6.07, 6.45) is 6.96. The van der Waals surface area contributed by atoms with Crippen LogP contribution in [0.2, 0.25) is 0 Å². The zero-order valence-corrected chi connectivity index (χ0v) is 15.5. The lowest BCUT2D eigenvalue weighted by atomic mass is 10.3. The first-order valence-electron chi connectivity index (χ1n) is 8.45. The molecule has 2 fully saturated rings. The molecular weight excluding hydrogens is 360 g/mol. The second kappa shape index (κ2) is 7.81. The fourth-order valence-corrected chi connectivity index (χ4v) is 5.87. The zero-order chi connectivity index (χ0) is 17.9. The maximum absolute atomic E-state index is 12.1. The van der Waals surface area contributed by atoms with E-state index in [0.29, 0.717) is 18.4 Å². The molecule has 1 aliphatic carbocycles. The smallest absolute Gasteiger partial charge is 0.350 e. The molecule has 1 aromatic heterocycles. The summed E-state index contributed by atoms with van der Waals surface area (Å²) in [5.74, 6) is 6.71. The lowest BCUT2D eigenvalue weighted by Gasteiger charge is -2.12. The standard InChI is InChI=1S/C16H22N4O3S2/c17-15-12(11-20(16(21)19-15)14-8-4-10-24-14)5-3-9-18-25(22,23)13-6-1-2-7-13/h11,13-14,18H,1-2,4,6-10H2,(H2,17,19,21). The predicted molar refractivity (Wildman–Crippen MR) is 99.7 cm³/mol. The lowest BCUT2D eigenvalue weighted by Crippen LogP contribution is -2.32. The van der Waals surface area contributed by atoms with E-state index in [2.05, 4.69) is 21.5 Å². The Hall–Kier alpha value is -1.50. The molecule has 1 saturated heterocycles. The number of rotatable bonds is 4. The first kappa shape index (κ1) is 18.3. The molecule has 136 valence electrons. The minimum absolute atomic E-state index is 0.0234. The molecule has 0 aromatic carbocycles. The highest BCUT2D eigenvalue weighted by atomic mass is 32.2. The normalized spacial score (nSPS) is 21.2. The maximum Gasteiger partial charge on any atom is 0.350 e. The van der Waals surface area contributed by atoms with Gasteiger partial charge in [-0.25, -0.2) is 17.9 Å². The molecule has 2 aliphatic rings. The van der Waals surface area contributed by atoms with Crippen molar-refractivity contribution >= 4 is 27.6 Å². The molecule has 1 aromatic rings. The minimum atomic E-state index is -3.31. The van der Waals surface area contributed by atoms with Gasteiger partial charge in [-0.15, -0.1) is 11.8 Å². The molecule has 2 heterocycles. The third-order valence-corrected chi connectivity index (χ3v) is 7.79. The van der Waals surface area contributed by atoms with Gasteiger partial charge in [-0.1, -0.05) is 24.7 Å². The van der Waals surface area contributed by atoms with E-state index in [0.717, 1.165) is 31.4 Å². The van der Waals surface area contributed by atoms with Crippen molar-refractivity contribution in [3.8, 4) is 11.8 Å². The second-order valence-corrected chi connectivity index (χ2v) is 9.60. The molecule has 9 heteroatoms. The van der Waals surface area contributed by atoms with Gasteiger partial charge in [0.25, 0.3) is 0 Å². The number of nitrogens with zero attached hydrogens (tertiary/aromatic N) is 2. The lowest BCUT2D eigenvalue weighted by molar-refractivity contribution is 0.569. The van der Waals surface area contributed by atoms with Crippen molar-refractivity contribution < 1.29 is 8.42 Å². The molecule has 3 rings (SSSR count). The number of nitrogen functional groups attached to an aromatic ring is 1. The number of aromatic nitrogens is 2. The number of hydrogen-bond donors (Lipinski definition) is 2. The van der Waals surface area contributed by atoms with Gasteiger partial charge in [-0.2, -0.15) is 4.98 Å². The van der Waals surface area contributed by atoms with Crippen molar-refractivity contribution in [3.05, 3.63) is 22.2 Å². The highest BCUT2D eigenvalue weighted by Gasteiger charge is 2.27. The van der Waals surface area contributed by atoms with E-state index in [1.165, 1.54) is 0 Å². The highest BCUT2D eigenvalue weighted by molar-refractivity contribution is 7.99. The van der Waals surface area contributed by atoms with E-state index in [-0.39, 0.29) is 28.7 Å². The Balaban J connectivity index is 1.69. The van der Waals surface area contributed by atoms with Crippen LogP contribution < -0.4 is 16.1 Å². The summed E-state index contributed by atoms with van der Waals surface area (Å²) >= 11 is 1.71. The number of hydrogen-bond acceptors (Lipinski definition) is 6. The van der Waals surface area contributed by atoms with E-state index < -0.39 is 10.0 Å². The Labute approximate surface area is 151 Å². The molecule has 1 saturated carbocycles. The van der Waals surface area contributed by atoms with E-state index in [9.17, 15) is 13.2 Å². The van der Waals surface area contributed by atoms with Crippen LogP contribution in [0.1, 0.15) is 49.5 Å². The van der Waals surface area contributed by atoms with Crippen LogP contribution in [0.15, 0.2) is 11.0 Å². The van der Waals surface area contributed by atoms with Crippen LogP contribution in [0, 0.1) is 11.8 Å². The minimum Gasteiger partial charge on any atom is -0.382 e. The van der Waals surface area contributed by atoms with Gasteiger partial charge in [-0.05, 0) is 31.4 Å². The van der Waals surface area contributed by atoms with Gasteiger partial charge in [0.05, 0.1) is 22.7 Å². The SMILES string of the molecule is Nc1nc(=O)n(C2CCCS2)cc1C#CCNS(=O)(=O)C1CCCC1. The van der Waals surface area contributed by atoms with Crippen LogP contribution in [-0.2, 0) is 10.0 Å². The Morgan fingerprint density at radius 1 is 1.32 bits per heavy atom. The van der Waals surface area contributed by atoms with E-state index in [1.807, 2.05) is 0 Å². The summed E-state index contributed by atoms with van der Waals surface area (Å²) in [7, 11) is -3.31. The largest absolute Gasteiger partial charge is 0.382 e. The van der Waals surface area contributed by atoms with Crippen molar-refractivity contribution in [2.75, 3.05) is 18.0 Å². The Kier molecular flexibility index (Phi) is 5.71. The van der Waals surface area contributed by atoms with Crippen LogP contribution in [0.25, 0.3) is 0 Å². The number of nitrogens with one attached hydrogen (secondary N) is 1. The van der Waals surface area contributed by atoms with E-state index in [1.54, 1.807) is 22.5 Å². The highest BCUT2D eigenvalue weighted by Crippen LogP contribution is 2.34. The Morgan fingerprint density at radius 3 is 2.76 bits per heavy atom. The average molecular weight is 383 g/mol. The van der Waals surface area contributed by atoms with Crippen LogP contribution >= 0.6 is 11.8 Å². The third kappa shape index (κ3) is 4.37. The van der Waals surface area contributed by atoms with Gasteiger partial charge in [0, 0.05) is 6.20 Å². The van der Waals surface area contributed by atoms with Crippen molar-refractivity contribution in [1.29, 1.82) is 0 Å².